The van der Waals surface area contributed by atoms with Crippen LogP contribution in [0.15, 0.2) is 41.3 Å². The van der Waals surface area contributed by atoms with Crippen molar-refractivity contribution in [2.45, 2.75) is 24.9 Å². The van der Waals surface area contributed by atoms with Gasteiger partial charge in [0.25, 0.3) is 11.8 Å². The number of aromatic nitrogens is 2. The number of hydrogen-bond donors (Lipinski definition) is 2. The van der Waals surface area contributed by atoms with Crippen LogP contribution < -0.4 is 14.8 Å². The van der Waals surface area contributed by atoms with Gasteiger partial charge in [0.2, 0.25) is 0 Å². The molecule has 3 rings (SSSR count). The normalized spacial score (nSPS) is 13.1. The molecule has 8 nitrogen and oxygen atoms in total. The van der Waals surface area contributed by atoms with E-state index in [1.807, 2.05) is 0 Å². The highest BCUT2D eigenvalue weighted by Crippen LogP contribution is 2.38. The maximum absolute atomic E-state index is 14.4. The van der Waals surface area contributed by atoms with Crippen LogP contribution in [0.5, 0.6) is 17.4 Å². The minimum absolute atomic E-state index is 0.0732. The number of carbonyl (C=O) groups excluding carboxylic acids is 1. The molecule has 0 radical (unpaired) electrons. The second-order valence-electron chi connectivity index (χ2n) is 7.51. The van der Waals surface area contributed by atoms with Crippen molar-refractivity contribution in [2.75, 3.05) is 18.7 Å². The first-order valence-corrected chi connectivity index (χ1v) is 11.8. The first kappa shape index (κ1) is 25.9. The van der Waals surface area contributed by atoms with Crippen molar-refractivity contribution in [3.05, 3.63) is 64.6 Å². The zero-order valence-corrected chi connectivity index (χ0v) is 19.7. The number of rotatable bonds is 6. The van der Waals surface area contributed by atoms with E-state index in [4.69, 9.17) is 14.3 Å². The molecule has 35 heavy (non-hydrogen) atoms. The number of hydrogen-bond acceptors (Lipinski definition) is 7. The lowest BCUT2D eigenvalue weighted by molar-refractivity contribution is -0.142. The molecule has 0 spiro atoms. The molecule has 0 saturated heterocycles. The van der Waals surface area contributed by atoms with Gasteiger partial charge in [-0.05, 0) is 49.2 Å². The number of amides is 1. The van der Waals surface area contributed by atoms with Crippen molar-refractivity contribution in [2.24, 2.45) is 0 Å². The molecule has 0 saturated carbocycles. The zero-order valence-electron chi connectivity index (χ0n) is 18.9. The van der Waals surface area contributed by atoms with Gasteiger partial charge in [0.1, 0.15) is 5.56 Å². The van der Waals surface area contributed by atoms with Gasteiger partial charge in [0.05, 0.1) is 16.8 Å². The van der Waals surface area contributed by atoms with E-state index in [2.05, 4.69) is 15.5 Å². The summed E-state index contributed by atoms with van der Waals surface area (Å²) in [5, 5.41) is 9.00. The standard InChI is InChI=1S/C22H20F4N4O4S/c1-11-8-9-15(18(33-3)17(11)23)34-21-16(12(2)19(29-30-21)22(24,25)26)20(31)28-13-6-5-7-14(10-13)35(4,27)32/h5-10,27H,1-4H3,(H,28,31). The number of methoxy groups -OCH3 is 1. The SMILES string of the molecule is COc1c(Oc2nnc(C(F)(F)F)c(C)c2C(=O)Nc2cccc(S(C)(=N)=O)c2)ccc(C)c1F. The summed E-state index contributed by atoms with van der Waals surface area (Å²) in [6, 6.07) is 8.17. The number of halogens is 4. The summed E-state index contributed by atoms with van der Waals surface area (Å²) in [6.45, 7) is 2.49. The number of aryl methyl sites for hydroxylation is 1. The summed E-state index contributed by atoms with van der Waals surface area (Å²) in [6.07, 6.45) is -3.74. The molecule has 2 N–H and O–H groups in total. The maximum Gasteiger partial charge on any atom is 0.435 e. The predicted molar refractivity (Wildman–Crippen MR) is 119 cm³/mol. The number of nitrogens with zero attached hydrogens (tertiary/aromatic N) is 2. The van der Waals surface area contributed by atoms with Gasteiger partial charge in [0, 0.05) is 16.8 Å². The minimum atomic E-state index is -4.92. The largest absolute Gasteiger partial charge is 0.490 e. The number of benzene rings is 2. The fraction of sp³-hybridized carbons (Fsp3) is 0.227. The summed E-state index contributed by atoms with van der Waals surface area (Å²) >= 11 is 0. The lowest BCUT2D eigenvalue weighted by Gasteiger charge is -2.17. The Hall–Kier alpha value is -3.74. The number of ether oxygens (including phenoxy) is 2. The van der Waals surface area contributed by atoms with Crippen LogP contribution in [0, 0.1) is 24.4 Å². The predicted octanol–water partition coefficient (Wildman–Crippen LogP) is 5.34. The Morgan fingerprint density at radius 3 is 2.43 bits per heavy atom. The van der Waals surface area contributed by atoms with Gasteiger partial charge >= 0.3 is 6.18 Å². The lowest BCUT2D eigenvalue weighted by atomic mass is 10.1. The summed E-state index contributed by atoms with van der Waals surface area (Å²) < 4.78 is 85.1. The summed E-state index contributed by atoms with van der Waals surface area (Å²) in [4.78, 5) is 13.2. The Morgan fingerprint density at radius 2 is 1.83 bits per heavy atom. The van der Waals surface area contributed by atoms with Gasteiger partial charge < -0.3 is 14.8 Å². The van der Waals surface area contributed by atoms with Crippen LogP contribution in [0.4, 0.5) is 23.2 Å². The first-order chi connectivity index (χ1) is 16.2. The Kier molecular flexibility index (Phi) is 7.01. The van der Waals surface area contributed by atoms with Crippen molar-refractivity contribution in [1.29, 1.82) is 4.78 Å². The summed E-state index contributed by atoms with van der Waals surface area (Å²) in [7, 11) is -1.95. The van der Waals surface area contributed by atoms with Crippen molar-refractivity contribution in [1.82, 2.24) is 10.2 Å². The molecule has 1 unspecified atom stereocenters. The Bertz CT molecular complexity index is 1410. The Balaban J connectivity index is 2.12. The van der Waals surface area contributed by atoms with Crippen molar-refractivity contribution in [3.8, 4) is 17.4 Å². The van der Waals surface area contributed by atoms with Gasteiger partial charge in [-0.1, -0.05) is 12.1 Å². The highest BCUT2D eigenvalue weighted by molar-refractivity contribution is 7.91. The number of alkyl halides is 3. The Labute approximate surface area is 198 Å². The van der Waals surface area contributed by atoms with E-state index < -0.39 is 50.3 Å². The third kappa shape index (κ3) is 5.50. The third-order valence-corrected chi connectivity index (χ3v) is 6.04. The average Bonchev–Trinajstić information content (AvgIpc) is 2.75. The second-order valence-corrected chi connectivity index (χ2v) is 9.67. The monoisotopic (exact) mass is 512 g/mol. The van der Waals surface area contributed by atoms with Crippen molar-refractivity contribution >= 4 is 21.3 Å². The van der Waals surface area contributed by atoms with Crippen LogP contribution in [0.25, 0.3) is 0 Å². The van der Waals surface area contributed by atoms with E-state index in [1.165, 1.54) is 56.7 Å². The summed E-state index contributed by atoms with van der Waals surface area (Å²) in [5.74, 6) is -3.00. The molecule has 1 amide bonds. The molecule has 1 heterocycles. The highest BCUT2D eigenvalue weighted by Gasteiger charge is 2.38. The fourth-order valence-corrected chi connectivity index (χ4v) is 3.82. The van der Waals surface area contributed by atoms with Gasteiger partial charge in [-0.3, -0.25) is 4.79 Å². The quantitative estimate of drug-likeness (QED) is 0.431. The molecule has 0 aliphatic heterocycles. The van der Waals surface area contributed by atoms with E-state index in [0.717, 1.165) is 6.92 Å². The van der Waals surface area contributed by atoms with E-state index in [0.29, 0.717) is 0 Å². The number of nitrogens with one attached hydrogen (secondary N) is 2. The third-order valence-electron chi connectivity index (χ3n) is 4.89. The molecule has 0 fully saturated rings. The molecule has 1 atom stereocenters. The molecule has 3 aromatic rings. The highest BCUT2D eigenvalue weighted by atomic mass is 32.2. The molecule has 0 aliphatic rings. The van der Waals surface area contributed by atoms with E-state index in [-0.39, 0.29) is 27.6 Å². The van der Waals surface area contributed by atoms with Crippen molar-refractivity contribution in [3.63, 3.8) is 0 Å². The molecular formula is C22H20F4N4O4S. The van der Waals surface area contributed by atoms with Crippen LogP contribution in [0.3, 0.4) is 0 Å². The molecular weight excluding hydrogens is 492 g/mol. The van der Waals surface area contributed by atoms with Crippen LogP contribution in [0.1, 0.15) is 27.2 Å². The second kappa shape index (κ2) is 9.49. The molecule has 186 valence electrons. The first-order valence-electron chi connectivity index (χ1n) is 9.84. The van der Waals surface area contributed by atoms with E-state index >= 15 is 0 Å². The fourth-order valence-electron chi connectivity index (χ4n) is 3.13. The van der Waals surface area contributed by atoms with Crippen LogP contribution in [0.2, 0.25) is 0 Å². The lowest BCUT2D eigenvalue weighted by Crippen LogP contribution is -2.21. The van der Waals surface area contributed by atoms with Crippen molar-refractivity contribution < 1.29 is 36.0 Å². The molecule has 0 bridgehead atoms. The van der Waals surface area contributed by atoms with E-state index in [1.54, 1.807) is 0 Å². The molecule has 0 aliphatic carbocycles. The Morgan fingerprint density at radius 1 is 1.14 bits per heavy atom. The smallest absolute Gasteiger partial charge is 0.435 e. The van der Waals surface area contributed by atoms with Crippen LogP contribution in [-0.4, -0.2) is 33.7 Å². The number of carbonyl (C=O) groups is 1. The van der Waals surface area contributed by atoms with Crippen LogP contribution in [-0.2, 0) is 15.9 Å². The molecule has 2 aromatic carbocycles. The molecule has 13 heteroatoms. The van der Waals surface area contributed by atoms with Gasteiger partial charge in [-0.25, -0.2) is 13.4 Å². The number of anilines is 1. The molecule has 1 aromatic heterocycles. The maximum atomic E-state index is 14.4. The zero-order chi connectivity index (χ0) is 26.1. The average molecular weight is 512 g/mol. The minimum Gasteiger partial charge on any atom is -0.490 e. The topological polar surface area (TPSA) is 114 Å². The van der Waals surface area contributed by atoms with Gasteiger partial charge in [-0.15, -0.1) is 10.2 Å². The summed E-state index contributed by atoms with van der Waals surface area (Å²) in [5.41, 5.74) is -2.30. The van der Waals surface area contributed by atoms with Crippen LogP contribution >= 0.6 is 0 Å². The van der Waals surface area contributed by atoms with E-state index in [9.17, 15) is 26.6 Å². The van der Waals surface area contributed by atoms with Gasteiger partial charge in [-0.2, -0.15) is 13.2 Å². The van der Waals surface area contributed by atoms with Gasteiger partial charge in [0.15, 0.2) is 23.0 Å².